The number of aryl methyl sites for hydroxylation is 1. The van der Waals surface area contributed by atoms with E-state index < -0.39 is 0 Å². The second kappa shape index (κ2) is 9.02. The molecule has 2 heterocycles. The highest BCUT2D eigenvalue weighted by Crippen LogP contribution is 2.27. The predicted molar refractivity (Wildman–Crippen MR) is 122 cm³/mol. The van der Waals surface area contributed by atoms with Gasteiger partial charge in [-0.05, 0) is 61.2 Å². The van der Waals surface area contributed by atoms with E-state index in [9.17, 15) is 9.59 Å². The number of fused-ring (bicyclic) bond motifs is 1. The van der Waals surface area contributed by atoms with E-state index in [2.05, 4.69) is 26.6 Å². The van der Waals surface area contributed by atoms with E-state index in [1.807, 2.05) is 37.3 Å². The SMILES string of the molecule is Cc1cc(=O)[nH]c2ccc(NC(=O)c3cc(CNCC#N)ccc3N3CCCC3)cc12. The Balaban J connectivity index is 1.64. The number of amides is 1. The number of aromatic amines is 1. The molecule has 0 radical (unpaired) electrons. The molecule has 1 aliphatic heterocycles. The number of nitrogens with one attached hydrogen (secondary N) is 3. The number of hydrogen-bond acceptors (Lipinski definition) is 5. The molecule has 7 heteroatoms. The lowest BCUT2D eigenvalue weighted by Crippen LogP contribution is -2.23. The fourth-order valence-electron chi connectivity index (χ4n) is 4.07. The molecule has 1 saturated heterocycles. The van der Waals surface area contributed by atoms with Crippen LogP contribution in [0.15, 0.2) is 47.3 Å². The first-order valence-electron chi connectivity index (χ1n) is 10.5. The monoisotopic (exact) mass is 415 g/mol. The molecule has 3 aromatic rings. The summed E-state index contributed by atoms with van der Waals surface area (Å²) in [6.45, 7) is 4.54. The summed E-state index contributed by atoms with van der Waals surface area (Å²) >= 11 is 0. The Labute approximate surface area is 180 Å². The van der Waals surface area contributed by atoms with Gasteiger partial charge in [0.1, 0.15) is 0 Å². The van der Waals surface area contributed by atoms with Gasteiger partial charge < -0.3 is 20.5 Å². The van der Waals surface area contributed by atoms with Gasteiger partial charge in [0.15, 0.2) is 0 Å². The topological polar surface area (TPSA) is 101 Å². The van der Waals surface area contributed by atoms with E-state index in [1.165, 1.54) is 0 Å². The standard InChI is InChI=1S/C24H25N5O2/c1-16-12-23(30)28-21-6-5-18(14-19(16)21)27-24(31)20-13-17(15-26-9-8-25)4-7-22(20)29-10-2-3-11-29/h4-7,12-14,26H,2-3,9-11,15H2,1H3,(H,27,31)(H,28,30). The zero-order valence-corrected chi connectivity index (χ0v) is 17.5. The van der Waals surface area contributed by atoms with Crippen molar-refractivity contribution in [1.82, 2.24) is 10.3 Å². The molecule has 4 rings (SSSR count). The number of nitrogens with zero attached hydrogens (tertiary/aromatic N) is 2. The van der Waals surface area contributed by atoms with Crippen LogP contribution >= 0.6 is 0 Å². The van der Waals surface area contributed by atoms with Crippen LogP contribution in [0.2, 0.25) is 0 Å². The average Bonchev–Trinajstić information content (AvgIpc) is 3.29. The minimum Gasteiger partial charge on any atom is -0.371 e. The molecule has 0 atom stereocenters. The molecule has 3 N–H and O–H groups in total. The van der Waals surface area contributed by atoms with Crippen molar-refractivity contribution in [3.05, 3.63) is 69.5 Å². The second-order valence-corrected chi connectivity index (χ2v) is 7.84. The van der Waals surface area contributed by atoms with Gasteiger partial charge in [-0.3, -0.25) is 9.59 Å². The van der Waals surface area contributed by atoms with Gasteiger partial charge in [-0.15, -0.1) is 0 Å². The summed E-state index contributed by atoms with van der Waals surface area (Å²) in [7, 11) is 0. The number of anilines is 2. The summed E-state index contributed by atoms with van der Waals surface area (Å²) in [6, 6.07) is 15.0. The fourth-order valence-corrected chi connectivity index (χ4v) is 4.07. The third-order valence-corrected chi connectivity index (χ3v) is 5.59. The molecule has 0 saturated carbocycles. The Morgan fingerprint density at radius 2 is 1.97 bits per heavy atom. The third kappa shape index (κ3) is 4.60. The van der Waals surface area contributed by atoms with Crippen molar-refractivity contribution in [2.45, 2.75) is 26.3 Å². The molecule has 1 amide bonds. The highest BCUT2D eigenvalue weighted by Gasteiger charge is 2.20. The largest absolute Gasteiger partial charge is 0.371 e. The van der Waals surface area contributed by atoms with E-state index >= 15 is 0 Å². The van der Waals surface area contributed by atoms with Crippen molar-refractivity contribution in [2.24, 2.45) is 0 Å². The molecule has 2 aromatic carbocycles. The summed E-state index contributed by atoms with van der Waals surface area (Å²) < 4.78 is 0. The van der Waals surface area contributed by atoms with E-state index in [0.717, 1.165) is 53.6 Å². The quantitative estimate of drug-likeness (QED) is 0.424. The van der Waals surface area contributed by atoms with Crippen molar-refractivity contribution < 1.29 is 4.79 Å². The Morgan fingerprint density at radius 3 is 2.74 bits per heavy atom. The molecular formula is C24H25N5O2. The van der Waals surface area contributed by atoms with Gasteiger partial charge in [0.05, 0.1) is 18.2 Å². The molecule has 0 aliphatic carbocycles. The molecule has 1 fully saturated rings. The van der Waals surface area contributed by atoms with Crippen LogP contribution in [0.5, 0.6) is 0 Å². The predicted octanol–water partition coefficient (Wildman–Crippen LogP) is 3.30. The molecule has 158 valence electrons. The molecule has 0 unspecified atom stereocenters. The van der Waals surface area contributed by atoms with Gasteiger partial charge >= 0.3 is 0 Å². The lowest BCUT2D eigenvalue weighted by atomic mass is 10.1. The lowest BCUT2D eigenvalue weighted by molar-refractivity contribution is 0.102. The van der Waals surface area contributed by atoms with Gasteiger partial charge in [0, 0.05) is 48.0 Å². The van der Waals surface area contributed by atoms with Crippen molar-refractivity contribution in [2.75, 3.05) is 29.9 Å². The van der Waals surface area contributed by atoms with Crippen molar-refractivity contribution in [3.63, 3.8) is 0 Å². The number of pyridine rings is 1. The Hall–Kier alpha value is -3.63. The minimum absolute atomic E-state index is 0.140. The maximum Gasteiger partial charge on any atom is 0.257 e. The highest BCUT2D eigenvalue weighted by molar-refractivity contribution is 6.09. The van der Waals surface area contributed by atoms with Crippen LogP contribution < -0.4 is 21.1 Å². The van der Waals surface area contributed by atoms with Crippen LogP contribution in [0.1, 0.15) is 34.3 Å². The van der Waals surface area contributed by atoms with Crippen molar-refractivity contribution in [1.29, 1.82) is 5.26 Å². The van der Waals surface area contributed by atoms with E-state index in [4.69, 9.17) is 5.26 Å². The van der Waals surface area contributed by atoms with Crippen molar-refractivity contribution >= 4 is 28.2 Å². The van der Waals surface area contributed by atoms with Crippen LogP contribution in [0.25, 0.3) is 10.9 Å². The number of hydrogen-bond donors (Lipinski definition) is 3. The van der Waals surface area contributed by atoms with Gasteiger partial charge in [-0.25, -0.2) is 0 Å². The van der Waals surface area contributed by atoms with Crippen LogP contribution in [0.3, 0.4) is 0 Å². The van der Waals surface area contributed by atoms with Crippen LogP contribution in [-0.2, 0) is 6.54 Å². The number of aromatic nitrogens is 1. The van der Waals surface area contributed by atoms with E-state index in [0.29, 0.717) is 17.8 Å². The van der Waals surface area contributed by atoms with E-state index in [1.54, 1.807) is 12.1 Å². The Kier molecular flexibility index (Phi) is 6.01. The summed E-state index contributed by atoms with van der Waals surface area (Å²) in [6.07, 6.45) is 2.24. The van der Waals surface area contributed by atoms with Gasteiger partial charge in [0.2, 0.25) is 5.56 Å². The molecule has 0 bridgehead atoms. The lowest BCUT2D eigenvalue weighted by Gasteiger charge is -2.22. The summed E-state index contributed by atoms with van der Waals surface area (Å²) in [5.41, 5.74) is 4.64. The highest BCUT2D eigenvalue weighted by atomic mass is 16.1. The van der Waals surface area contributed by atoms with Crippen LogP contribution in [0, 0.1) is 18.3 Å². The maximum atomic E-state index is 13.3. The first-order valence-corrected chi connectivity index (χ1v) is 10.5. The summed E-state index contributed by atoms with van der Waals surface area (Å²) in [4.78, 5) is 30.0. The first-order chi connectivity index (χ1) is 15.0. The number of H-pyrrole nitrogens is 1. The number of carbonyl (C=O) groups excluding carboxylic acids is 1. The van der Waals surface area contributed by atoms with Gasteiger partial charge in [0.25, 0.3) is 5.91 Å². The van der Waals surface area contributed by atoms with Crippen LogP contribution in [0.4, 0.5) is 11.4 Å². The molecule has 1 aromatic heterocycles. The van der Waals surface area contributed by atoms with Gasteiger partial charge in [-0.1, -0.05) is 6.07 Å². The zero-order chi connectivity index (χ0) is 21.8. The Morgan fingerprint density at radius 1 is 1.16 bits per heavy atom. The molecule has 1 aliphatic rings. The third-order valence-electron chi connectivity index (χ3n) is 5.59. The molecular weight excluding hydrogens is 390 g/mol. The van der Waals surface area contributed by atoms with Crippen molar-refractivity contribution in [3.8, 4) is 6.07 Å². The maximum absolute atomic E-state index is 13.3. The summed E-state index contributed by atoms with van der Waals surface area (Å²) in [5, 5.41) is 15.7. The smallest absolute Gasteiger partial charge is 0.257 e. The van der Waals surface area contributed by atoms with Gasteiger partial charge in [-0.2, -0.15) is 5.26 Å². The van der Waals surface area contributed by atoms with Crippen LogP contribution in [-0.4, -0.2) is 30.5 Å². The normalized spacial score (nSPS) is 13.4. The fraction of sp³-hybridized carbons (Fsp3) is 0.292. The number of carbonyl (C=O) groups is 1. The summed E-state index contributed by atoms with van der Waals surface area (Å²) in [5.74, 6) is -0.175. The number of nitriles is 1. The Bertz CT molecular complexity index is 1220. The molecule has 7 nitrogen and oxygen atoms in total. The first kappa shape index (κ1) is 20.6. The minimum atomic E-state index is -0.175. The number of rotatable bonds is 6. The average molecular weight is 415 g/mol. The molecule has 31 heavy (non-hydrogen) atoms. The molecule has 0 spiro atoms. The second-order valence-electron chi connectivity index (χ2n) is 7.84. The van der Waals surface area contributed by atoms with E-state index in [-0.39, 0.29) is 18.0 Å². The zero-order valence-electron chi connectivity index (χ0n) is 17.5. The number of benzene rings is 2.